The average molecular weight is 1270 g/mol. The smallest absolute Gasteiger partial charge is 0.462 e. The molecular formula is C67H130O17P2. The minimum Gasteiger partial charge on any atom is -0.462 e. The van der Waals surface area contributed by atoms with Crippen molar-refractivity contribution >= 4 is 39.5 Å². The number of ether oxygens (including phenoxy) is 4. The molecule has 0 aliphatic carbocycles. The minimum atomic E-state index is -4.95. The molecule has 0 saturated heterocycles. The largest absolute Gasteiger partial charge is 0.472 e. The number of aliphatic hydroxyl groups is 1. The lowest BCUT2D eigenvalue weighted by atomic mass is 10.0. The zero-order valence-corrected chi connectivity index (χ0v) is 57.2. The molecule has 86 heavy (non-hydrogen) atoms. The van der Waals surface area contributed by atoms with Crippen LogP contribution in [0.15, 0.2) is 0 Å². The van der Waals surface area contributed by atoms with E-state index in [1.54, 1.807) is 0 Å². The molecular weight excluding hydrogens is 1140 g/mol. The predicted octanol–water partition coefficient (Wildman–Crippen LogP) is 19.0. The van der Waals surface area contributed by atoms with Gasteiger partial charge in [-0.25, -0.2) is 9.13 Å². The Morgan fingerprint density at radius 3 is 0.791 bits per heavy atom. The van der Waals surface area contributed by atoms with Crippen molar-refractivity contribution in [1.82, 2.24) is 0 Å². The summed E-state index contributed by atoms with van der Waals surface area (Å²) in [6, 6.07) is 0. The van der Waals surface area contributed by atoms with Crippen LogP contribution >= 0.6 is 15.6 Å². The second-order valence-electron chi connectivity index (χ2n) is 24.7. The van der Waals surface area contributed by atoms with E-state index in [0.717, 1.165) is 102 Å². The molecule has 0 radical (unpaired) electrons. The summed E-state index contributed by atoms with van der Waals surface area (Å²) < 4.78 is 68.1. The van der Waals surface area contributed by atoms with Crippen molar-refractivity contribution < 1.29 is 80.2 Å². The van der Waals surface area contributed by atoms with E-state index in [1.807, 2.05) is 0 Å². The van der Waals surface area contributed by atoms with Crippen molar-refractivity contribution in [3.8, 4) is 0 Å². The predicted molar refractivity (Wildman–Crippen MR) is 345 cm³/mol. The molecule has 510 valence electrons. The maximum Gasteiger partial charge on any atom is 0.472 e. The second kappa shape index (κ2) is 60.6. The first-order chi connectivity index (χ1) is 41.5. The van der Waals surface area contributed by atoms with Gasteiger partial charge in [0.2, 0.25) is 0 Å². The second-order valence-corrected chi connectivity index (χ2v) is 27.6. The molecule has 17 nitrogen and oxygen atoms in total. The number of hydrogen-bond donors (Lipinski definition) is 3. The van der Waals surface area contributed by atoms with Crippen LogP contribution in [0.25, 0.3) is 0 Å². The quantitative estimate of drug-likeness (QED) is 0.0222. The van der Waals surface area contributed by atoms with Crippen molar-refractivity contribution in [3.05, 3.63) is 0 Å². The number of rotatable bonds is 67. The Labute approximate surface area is 524 Å². The molecule has 0 heterocycles. The third-order valence-corrected chi connectivity index (χ3v) is 17.4. The highest BCUT2D eigenvalue weighted by molar-refractivity contribution is 7.47. The van der Waals surface area contributed by atoms with Crippen LogP contribution in [0, 0.1) is 5.92 Å². The van der Waals surface area contributed by atoms with Crippen molar-refractivity contribution in [3.63, 3.8) is 0 Å². The van der Waals surface area contributed by atoms with Gasteiger partial charge in [-0.2, -0.15) is 0 Å². The molecule has 5 atom stereocenters. The van der Waals surface area contributed by atoms with Gasteiger partial charge in [-0.3, -0.25) is 37.3 Å². The van der Waals surface area contributed by atoms with E-state index < -0.39 is 97.5 Å². The molecule has 0 aliphatic rings. The fourth-order valence-electron chi connectivity index (χ4n) is 10.1. The zero-order valence-electron chi connectivity index (χ0n) is 55.4. The first kappa shape index (κ1) is 84.1. The Morgan fingerprint density at radius 2 is 0.535 bits per heavy atom. The third kappa shape index (κ3) is 60.9. The number of hydrogen-bond acceptors (Lipinski definition) is 15. The average Bonchev–Trinajstić information content (AvgIpc) is 3.68. The van der Waals surface area contributed by atoms with E-state index in [0.29, 0.717) is 25.7 Å². The number of carbonyl (C=O) groups excluding carboxylic acids is 4. The number of phosphoric ester groups is 2. The van der Waals surface area contributed by atoms with Crippen LogP contribution < -0.4 is 0 Å². The summed E-state index contributed by atoms with van der Waals surface area (Å²) in [5, 5.41) is 10.6. The molecule has 2 unspecified atom stereocenters. The molecule has 0 bridgehead atoms. The fraction of sp³-hybridized carbons (Fsp3) is 0.940. The van der Waals surface area contributed by atoms with E-state index in [1.165, 1.54) is 161 Å². The summed E-state index contributed by atoms with van der Waals surface area (Å²) in [6.45, 7) is 7.21. The highest BCUT2D eigenvalue weighted by Gasteiger charge is 2.30. The molecule has 0 fully saturated rings. The lowest BCUT2D eigenvalue weighted by Gasteiger charge is -2.21. The molecule has 0 aromatic carbocycles. The Morgan fingerprint density at radius 1 is 0.314 bits per heavy atom. The SMILES string of the molecule is CCCCCCCCCCCCCCC(=O)OC[C@H](COP(=O)(O)OC[C@@H](O)COP(=O)(O)OC[C@@H](COC(=O)CCCCCCCCCC)OC(=O)CCCCCCCCCCCCC)OC(=O)CCCCCCCCCCCCCCC(C)C. The number of carbonyl (C=O) groups is 4. The molecule has 0 saturated carbocycles. The molecule has 0 spiro atoms. The van der Waals surface area contributed by atoms with Gasteiger partial charge in [0, 0.05) is 25.7 Å². The molecule has 0 amide bonds. The van der Waals surface area contributed by atoms with Gasteiger partial charge in [0.05, 0.1) is 26.4 Å². The first-order valence-corrected chi connectivity index (χ1v) is 38.1. The molecule has 3 N–H and O–H groups in total. The van der Waals surface area contributed by atoms with Crippen molar-refractivity contribution in [2.45, 2.75) is 361 Å². The fourth-order valence-corrected chi connectivity index (χ4v) is 11.7. The molecule has 0 rings (SSSR count). The number of aliphatic hydroxyl groups excluding tert-OH is 1. The normalized spacial score (nSPS) is 14.2. The standard InChI is InChI=1S/C67H130O17P2/c1-6-9-12-15-18-21-23-28-31-36-41-46-51-65(70)78-57-63(84-67(72)53-48-43-38-33-29-25-24-27-30-34-39-44-49-60(4)5)59-82-86(75,76)80-55-61(68)54-79-85(73,74)81-58-62(56-77-64(69)50-45-40-35-20-17-14-11-8-3)83-66(71)52-47-42-37-32-26-22-19-16-13-10-7-2/h60-63,68H,6-59H2,1-5H3,(H,73,74)(H,75,76)/t61-,62+,63+/m0/s1. The van der Waals surface area contributed by atoms with Crippen LogP contribution in [0.1, 0.15) is 343 Å². The van der Waals surface area contributed by atoms with E-state index >= 15 is 0 Å². The lowest BCUT2D eigenvalue weighted by molar-refractivity contribution is -0.161. The Hall–Kier alpha value is -1.94. The van der Waals surface area contributed by atoms with E-state index in [2.05, 4.69) is 34.6 Å². The van der Waals surface area contributed by atoms with Gasteiger partial charge in [-0.1, -0.05) is 291 Å². The first-order valence-electron chi connectivity index (χ1n) is 35.1. The summed E-state index contributed by atoms with van der Waals surface area (Å²) in [6.07, 6.45) is 45.7. The van der Waals surface area contributed by atoms with E-state index in [4.69, 9.17) is 37.0 Å². The minimum absolute atomic E-state index is 0.107. The van der Waals surface area contributed by atoms with Gasteiger partial charge in [0.15, 0.2) is 12.2 Å². The number of unbranched alkanes of at least 4 members (excludes halogenated alkanes) is 39. The molecule has 19 heteroatoms. The van der Waals surface area contributed by atoms with E-state index in [9.17, 15) is 43.2 Å². The van der Waals surface area contributed by atoms with Crippen molar-refractivity contribution in [2.24, 2.45) is 5.92 Å². The maximum absolute atomic E-state index is 13.0. The van der Waals surface area contributed by atoms with Crippen LogP contribution in [0.3, 0.4) is 0 Å². The summed E-state index contributed by atoms with van der Waals surface area (Å²) in [5.74, 6) is -1.35. The van der Waals surface area contributed by atoms with E-state index in [-0.39, 0.29) is 25.7 Å². The van der Waals surface area contributed by atoms with Crippen LogP contribution in [0.4, 0.5) is 0 Å². The van der Waals surface area contributed by atoms with Gasteiger partial charge in [0.25, 0.3) is 0 Å². The van der Waals surface area contributed by atoms with Crippen LogP contribution in [0.5, 0.6) is 0 Å². The van der Waals surface area contributed by atoms with Gasteiger partial charge in [0.1, 0.15) is 19.3 Å². The number of esters is 4. The summed E-state index contributed by atoms with van der Waals surface area (Å²) >= 11 is 0. The van der Waals surface area contributed by atoms with Crippen LogP contribution in [-0.2, 0) is 65.4 Å². The maximum atomic E-state index is 13.0. The monoisotopic (exact) mass is 1270 g/mol. The van der Waals surface area contributed by atoms with Gasteiger partial charge in [-0.15, -0.1) is 0 Å². The van der Waals surface area contributed by atoms with Crippen molar-refractivity contribution in [1.29, 1.82) is 0 Å². The van der Waals surface area contributed by atoms with Crippen molar-refractivity contribution in [2.75, 3.05) is 39.6 Å². The van der Waals surface area contributed by atoms with Crippen LogP contribution in [-0.4, -0.2) is 96.7 Å². The summed E-state index contributed by atoms with van der Waals surface area (Å²) in [5.41, 5.74) is 0. The number of phosphoric acid groups is 2. The molecule has 0 aromatic heterocycles. The highest BCUT2D eigenvalue weighted by Crippen LogP contribution is 2.45. The van der Waals surface area contributed by atoms with Gasteiger partial charge >= 0.3 is 39.5 Å². The van der Waals surface area contributed by atoms with Gasteiger partial charge < -0.3 is 33.8 Å². The Kier molecular flexibility index (Phi) is 59.2. The Balaban J connectivity index is 5.22. The van der Waals surface area contributed by atoms with Gasteiger partial charge in [-0.05, 0) is 31.6 Å². The lowest BCUT2D eigenvalue weighted by Crippen LogP contribution is -2.30. The topological polar surface area (TPSA) is 237 Å². The molecule has 0 aromatic rings. The third-order valence-electron chi connectivity index (χ3n) is 15.5. The highest BCUT2D eigenvalue weighted by atomic mass is 31.2. The zero-order chi connectivity index (χ0) is 63.5. The summed E-state index contributed by atoms with van der Waals surface area (Å²) in [7, 11) is -9.89. The molecule has 0 aliphatic heterocycles. The van der Waals surface area contributed by atoms with Crippen LogP contribution in [0.2, 0.25) is 0 Å². The summed E-state index contributed by atoms with van der Waals surface area (Å²) in [4.78, 5) is 72.3. The Bertz CT molecular complexity index is 1670.